The van der Waals surface area contributed by atoms with E-state index in [4.69, 9.17) is 15.9 Å². The first kappa shape index (κ1) is 34.4. The number of hydrogen-bond acceptors (Lipinski definition) is 7. The highest BCUT2D eigenvalue weighted by Gasteiger charge is 2.42. The topological polar surface area (TPSA) is 121 Å². The zero-order chi connectivity index (χ0) is 33.6. The molecular formula is C35H45N5O6. The number of anilines is 1. The van der Waals surface area contributed by atoms with Crippen LogP contribution >= 0.6 is 0 Å². The molecule has 11 heteroatoms. The number of aromatic nitrogens is 1. The number of carbonyl (C=O) groups is 4. The minimum atomic E-state index is -1.13. The Hall–Kier alpha value is -4.43. The molecule has 0 radical (unpaired) electrons. The van der Waals surface area contributed by atoms with Gasteiger partial charge in [0.2, 0.25) is 5.91 Å². The highest BCUT2D eigenvalue weighted by Crippen LogP contribution is 2.32. The molecule has 0 spiro atoms. The van der Waals surface area contributed by atoms with Crippen LogP contribution in [0.4, 0.5) is 10.5 Å². The Balaban J connectivity index is 1.69. The second-order valence-electron chi connectivity index (χ2n) is 13.7. The van der Waals surface area contributed by atoms with E-state index in [-0.39, 0.29) is 37.3 Å². The number of carbonyl (C=O) groups excluding carboxylic acids is 4. The molecule has 11 nitrogen and oxygen atoms in total. The van der Waals surface area contributed by atoms with Crippen molar-refractivity contribution in [2.45, 2.75) is 83.5 Å². The van der Waals surface area contributed by atoms with Crippen molar-refractivity contribution in [3.63, 3.8) is 0 Å². The minimum Gasteiger partial charge on any atom is -0.444 e. The first-order valence-corrected chi connectivity index (χ1v) is 15.7. The fourth-order valence-electron chi connectivity index (χ4n) is 5.59. The normalized spacial score (nSPS) is 18.2. The Morgan fingerprint density at radius 3 is 2.28 bits per heavy atom. The lowest BCUT2D eigenvalue weighted by molar-refractivity contribution is -0.143. The summed E-state index contributed by atoms with van der Waals surface area (Å²) in [5.74, 6) is 0.580. The summed E-state index contributed by atoms with van der Waals surface area (Å²) in [6.45, 7) is 12.9. The molecule has 46 heavy (non-hydrogen) atoms. The van der Waals surface area contributed by atoms with E-state index in [0.29, 0.717) is 37.2 Å². The number of rotatable bonds is 6. The van der Waals surface area contributed by atoms with Crippen molar-refractivity contribution >= 4 is 29.5 Å². The number of benzene rings is 1. The van der Waals surface area contributed by atoms with Crippen LogP contribution in [0.5, 0.6) is 0 Å². The van der Waals surface area contributed by atoms with E-state index in [2.05, 4.69) is 37.0 Å². The molecule has 2 aliphatic heterocycles. The van der Waals surface area contributed by atoms with Crippen LogP contribution < -0.4 is 10.2 Å². The number of hydrogen-bond donors (Lipinski definition) is 1. The molecule has 2 aliphatic rings. The summed E-state index contributed by atoms with van der Waals surface area (Å²) in [5, 5.41) is 3.13. The Kier molecular flexibility index (Phi) is 10.7. The molecular weight excluding hydrogens is 586 g/mol. The number of amides is 4. The quantitative estimate of drug-likeness (QED) is 0.481. The van der Waals surface area contributed by atoms with Crippen LogP contribution in [0.3, 0.4) is 0 Å². The predicted octanol–water partition coefficient (Wildman–Crippen LogP) is 3.83. The number of piperidine rings is 1. The SMILES string of the molecule is C#CC(=O)N1CCOCC1C(=O)N(c1ccc(C(C)(C)C)cc1)C(C(=O)NC1CCN(C(=O)OC(C)(C)C)CC1)c1cccnc1. The van der Waals surface area contributed by atoms with Gasteiger partial charge in [-0.25, -0.2) is 4.79 Å². The maximum Gasteiger partial charge on any atom is 0.410 e. The van der Waals surface area contributed by atoms with E-state index < -0.39 is 35.4 Å². The van der Waals surface area contributed by atoms with E-state index >= 15 is 0 Å². The summed E-state index contributed by atoms with van der Waals surface area (Å²) in [7, 11) is 0. The predicted molar refractivity (Wildman–Crippen MR) is 174 cm³/mol. The van der Waals surface area contributed by atoms with Gasteiger partial charge in [0.05, 0.1) is 13.2 Å². The van der Waals surface area contributed by atoms with Gasteiger partial charge in [0.15, 0.2) is 0 Å². The van der Waals surface area contributed by atoms with Crippen LogP contribution in [0.1, 0.15) is 71.6 Å². The van der Waals surface area contributed by atoms with E-state index in [1.807, 2.05) is 45.0 Å². The molecule has 0 bridgehead atoms. The summed E-state index contributed by atoms with van der Waals surface area (Å²) in [6.07, 6.45) is 9.25. The van der Waals surface area contributed by atoms with Crippen LogP contribution in [-0.4, -0.2) is 89.1 Å². The third-order valence-corrected chi connectivity index (χ3v) is 8.05. The molecule has 2 atom stereocenters. The first-order valence-electron chi connectivity index (χ1n) is 15.7. The maximum atomic E-state index is 14.6. The smallest absolute Gasteiger partial charge is 0.410 e. The van der Waals surface area contributed by atoms with Crippen molar-refractivity contribution in [3.8, 4) is 12.3 Å². The molecule has 1 N–H and O–H groups in total. The molecule has 4 amide bonds. The Labute approximate surface area is 271 Å². The molecule has 3 heterocycles. The number of likely N-dealkylation sites (tertiary alicyclic amines) is 1. The number of nitrogens with one attached hydrogen (secondary N) is 1. The zero-order valence-corrected chi connectivity index (χ0v) is 27.6. The van der Waals surface area contributed by atoms with Crippen LogP contribution in [0.2, 0.25) is 0 Å². The lowest BCUT2D eigenvalue weighted by atomic mass is 9.87. The van der Waals surface area contributed by atoms with Crippen molar-refractivity contribution < 1.29 is 28.7 Å². The first-order chi connectivity index (χ1) is 21.7. The van der Waals surface area contributed by atoms with Crippen LogP contribution in [0.15, 0.2) is 48.8 Å². The van der Waals surface area contributed by atoms with Crippen LogP contribution in [-0.2, 0) is 29.3 Å². The van der Waals surface area contributed by atoms with Gasteiger partial charge in [0.1, 0.15) is 17.7 Å². The van der Waals surface area contributed by atoms with Crippen molar-refractivity contribution in [2.24, 2.45) is 0 Å². The summed E-state index contributed by atoms with van der Waals surface area (Å²) >= 11 is 0. The van der Waals surface area contributed by atoms with E-state index in [1.165, 1.54) is 9.80 Å². The second-order valence-corrected chi connectivity index (χ2v) is 13.7. The zero-order valence-electron chi connectivity index (χ0n) is 27.6. The average Bonchev–Trinajstić information content (AvgIpc) is 3.02. The molecule has 1 aromatic heterocycles. The van der Waals surface area contributed by atoms with Crippen molar-refractivity contribution in [1.82, 2.24) is 20.1 Å². The monoisotopic (exact) mass is 631 g/mol. The fourth-order valence-corrected chi connectivity index (χ4v) is 5.59. The lowest BCUT2D eigenvalue weighted by Gasteiger charge is -2.40. The van der Waals surface area contributed by atoms with Gasteiger partial charge < -0.3 is 24.6 Å². The molecule has 2 unspecified atom stereocenters. The van der Waals surface area contributed by atoms with Gasteiger partial charge in [-0.3, -0.25) is 24.3 Å². The summed E-state index contributed by atoms with van der Waals surface area (Å²) < 4.78 is 11.2. The summed E-state index contributed by atoms with van der Waals surface area (Å²) in [5.41, 5.74) is 1.26. The highest BCUT2D eigenvalue weighted by molar-refractivity contribution is 6.06. The van der Waals surface area contributed by atoms with Crippen LogP contribution in [0, 0.1) is 12.3 Å². The van der Waals surface area contributed by atoms with Crippen molar-refractivity contribution in [1.29, 1.82) is 0 Å². The molecule has 1 aromatic carbocycles. The van der Waals surface area contributed by atoms with Gasteiger partial charge in [-0.15, -0.1) is 6.42 Å². The molecule has 2 aromatic rings. The van der Waals surface area contributed by atoms with E-state index in [1.54, 1.807) is 29.4 Å². The molecule has 4 rings (SSSR count). The van der Waals surface area contributed by atoms with Gasteiger partial charge in [-0.2, -0.15) is 0 Å². The number of nitrogens with zero attached hydrogens (tertiary/aromatic N) is 4. The fraction of sp³-hybridized carbons (Fsp3) is 0.514. The van der Waals surface area contributed by atoms with E-state index in [9.17, 15) is 19.2 Å². The largest absolute Gasteiger partial charge is 0.444 e. The van der Waals surface area contributed by atoms with Gasteiger partial charge in [-0.05, 0) is 68.7 Å². The highest BCUT2D eigenvalue weighted by atomic mass is 16.6. The summed E-state index contributed by atoms with van der Waals surface area (Å²) in [6, 6.07) is 8.52. The van der Waals surface area contributed by atoms with Crippen molar-refractivity contribution in [3.05, 3.63) is 59.9 Å². The van der Waals surface area contributed by atoms with Gasteiger partial charge in [0.25, 0.3) is 11.8 Å². The number of morpholine rings is 1. The van der Waals surface area contributed by atoms with Crippen LogP contribution in [0.25, 0.3) is 0 Å². The lowest BCUT2D eigenvalue weighted by Crippen LogP contribution is -2.59. The second kappa shape index (κ2) is 14.3. The number of ether oxygens (including phenoxy) is 2. The van der Waals surface area contributed by atoms with Gasteiger partial charge >= 0.3 is 6.09 Å². The molecule has 246 valence electrons. The number of pyridine rings is 1. The molecule has 0 saturated carbocycles. The van der Waals surface area contributed by atoms with Crippen molar-refractivity contribution in [2.75, 3.05) is 37.7 Å². The van der Waals surface area contributed by atoms with Gasteiger partial charge in [-0.1, -0.05) is 39.0 Å². The average molecular weight is 632 g/mol. The number of terminal acetylenes is 1. The Morgan fingerprint density at radius 1 is 1.04 bits per heavy atom. The molecule has 2 fully saturated rings. The maximum absolute atomic E-state index is 14.6. The molecule has 0 aliphatic carbocycles. The minimum absolute atomic E-state index is 0.0622. The van der Waals surface area contributed by atoms with Gasteiger partial charge in [0, 0.05) is 49.3 Å². The Bertz CT molecular complexity index is 1430. The standard InChI is InChI=1S/C35H45N5O6/c1-8-29(41)39-20-21-45-23-28(39)32(43)40(27-13-11-25(12-14-27)34(2,3)4)30(24-10-9-17-36-22-24)31(42)37-26-15-18-38(19-16-26)33(44)46-35(5,6)7/h1,9-14,17,22,26,28,30H,15-16,18-21,23H2,2-7H3,(H,37,42). The summed E-state index contributed by atoms with van der Waals surface area (Å²) in [4.78, 5) is 62.9. The molecule has 2 saturated heterocycles. The van der Waals surface area contributed by atoms with E-state index in [0.717, 1.165) is 5.56 Å². The Morgan fingerprint density at radius 2 is 1.72 bits per heavy atom. The third-order valence-electron chi connectivity index (χ3n) is 8.05. The third kappa shape index (κ3) is 8.43.